The normalized spacial score (nSPS) is 10.8. The van der Waals surface area contributed by atoms with Crippen molar-refractivity contribution in [3.8, 4) is 21.0 Å². The molecule has 3 rings (SSSR count). The molecule has 3 aromatic rings. The fourth-order valence-electron chi connectivity index (χ4n) is 1.94. The molecule has 1 nitrogen and oxygen atoms in total. The van der Waals surface area contributed by atoms with Gasteiger partial charge in [-0.15, -0.1) is 24.0 Å². The summed E-state index contributed by atoms with van der Waals surface area (Å²) in [5.74, 6) is 0. The van der Waals surface area contributed by atoms with Gasteiger partial charge in [-0.05, 0) is 42.3 Å². The van der Waals surface area contributed by atoms with Gasteiger partial charge in [0.25, 0.3) is 0 Å². The molecule has 0 saturated heterocycles. The van der Waals surface area contributed by atoms with Crippen molar-refractivity contribution in [1.29, 1.82) is 0 Å². The molecule has 2 aromatic carbocycles. The highest BCUT2D eigenvalue weighted by atomic mass is 79.9. The Morgan fingerprint density at radius 2 is 1.75 bits per heavy atom. The Morgan fingerprint density at radius 1 is 1.05 bits per heavy atom. The van der Waals surface area contributed by atoms with E-state index in [9.17, 15) is 0 Å². The SMILES string of the molecule is Cc1cc(-c2cnc(-c3ccc(Br)cc3)s2)ccc1S. The summed E-state index contributed by atoms with van der Waals surface area (Å²) in [6.45, 7) is 2.07. The summed E-state index contributed by atoms with van der Waals surface area (Å²) in [6, 6.07) is 14.5. The van der Waals surface area contributed by atoms with Gasteiger partial charge in [-0.25, -0.2) is 4.98 Å². The second kappa shape index (κ2) is 5.72. The standard InChI is InChI=1S/C16H12BrNS2/c1-10-8-12(4-7-14(10)19)15-9-18-16(20-15)11-2-5-13(17)6-3-11/h2-9,19H,1H3. The molecule has 0 radical (unpaired) electrons. The van der Waals surface area contributed by atoms with Crippen molar-refractivity contribution in [3.63, 3.8) is 0 Å². The van der Waals surface area contributed by atoms with Crippen molar-refractivity contribution >= 4 is 39.9 Å². The molecule has 0 bridgehead atoms. The van der Waals surface area contributed by atoms with Crippen molar-refractivity contribution in [1.82, 2.24) is 4.98 Å². The molecule has 0 spiro atoms. The van der Waals surface area contributed by atoms with E-state index in [1.165, 1.54) is 16.0 Å². The minimum Gasteiger partial charge on any atom is -0.244 e. The Kier molecular flexibility index (Phi) is 3.96. The Labute approximate surface area is 136 Å². The van der Waals surface area contributed by atoms with Crippen molar-refractivity contribution in [3.05, 3.63) is 58.7 Å². The third-order valence-corrected chi connectivity index (χ3v) is 5.20. The van der Waals surface area contributed by atoms with E-state index in [1.807, 2.05) is 24.4 Å². The van der Waals surface area contributed by atoms with Crippen molar-refractivity contribution in [2.24, 2.45) is 0 Å². The van der Waals surface area contributed by atoms with Gasteiger partial charge in [-0.3, -0.25) is 0 Å². The van der Waals surface area contributed by atoms with E-state index >= 15 is 0 Å². The summed E-state index contributed by atoms with van der Waals surface area (Å²) in [5.41, 5.74) is 3.53. The van der Waals surface area contributed by atoms with E-state index in [0.29, 0.717) is 0 Å². The summed E-state index contributed by atoms with van der Waals surface area (Å²) < 4.78 is 1.08. The summed E-state index contributed by atoms with van der Waals surface area (Å²) in [4.78, 5) is 6.73. The van der Waals surface area contributed by atoms with Crippen LogP contribution in [0, 0.1) is 6.92 Å². The quantitative estimate of drug-likeness (QED) is 0.566. The smallest absolute Gasteiger partial charge is 0.123 e. The molecular formula is C16H12BrNS2. The first kappa shape index (κ1) is 13.9. The number of rotatable bonds is 2. The first-order valence-electron chi connectivity index (χ1n) is 6.15. The third kappa shape index (κ3) is 2.82. The van der Waals surface area contributed by atoms with Crippen LogP contribution in [0.25, 0.3) is 21.0 Å². The maximum Gasteiger partial charge on any atom is 0.123 e. The molecule has 1 heterocycles. The van der Waals surface area contributed by atoms with Gasteiger partial charge in [0.1, 0.15) is 5.01 Å². The van der Waals surface area contributed by atoms with Gasteiger partial charge >= 0.3 is 0 Å². The van der Waals surface area contributed by atoms with Crippen LogP contribution in [0.15, 0.2) is 58.0 Å². The predicted octanol–water partition coefficient (Wildman–Crippen LogP) is 5.84. The van der Waals surface area contributed by atoms with Crippen molar-refractivity contribution in [2.75, 3.05) is 0 Å². The molecule has 1 aromatic heterocycles. The first-order chi connectivity index (χ1) is 9.63. The molecule has 100 valence electrons. The van der Waals surface area contributed by atoms with Crippen LogP contribution in [0.5, 0.6) is 0 Å². The molecule has 0 unspecified atom stereocenters. The van der Waals surface area contributed by atoms with E-state index in [0.717, 1.165) is 19.9 Å². The number of hydrogen-bond acceptors (Lipinski definition) is 3. The average Bonchev–Trinajstić information content (AvgIpc) is 2.92. The second-order valence-electron chi connectivity index (χ2n) is 4.54. The Bertz CT molecular complexity index is 747. The van der Waals surface area contributed by atoms with Crippen LogP contribution in [0.3, 0.4) is 0 Å². The van der Waals surface area contributed by atoms with E-state index in [2.05, 4.69) is 64.7 Å². The lowest BCUT2D eigenvalue weighted by molar-refractivity contribution is 1.31. The molecule has 0 aliphatic rings. The molecule has 20 heavy (non-hydrogen) atoms. The molecule has 0 atom stereocenters. The highest BCUT2D eigenvalue weighted by Gasteiger charge is 2.07. The number of halogens is 1. The topological polar surface area (TPSA) is 12.9 Å². The Morgan fingerprint density at radius 3 is 2.45 bits per heavy atom. The van der Waals surface area contributed by atoms with E-state index < -0.39 is 0 Å². The Balaban J connectivity index is 1.97. The van der Waals surface area contributed by atoms with Crippen LogP contribution in [0.4, 0.5) is 0 Å². The zero-order chi connectivity index (χ0) is 14.1. The van der Waals surface area contributed by atoms with Gasteiger partial charge in [0.05, 0.1) is 4.88 Å². The zero-order valence-corrected chi connectivity index (χ0v) is 14.1. The molecular weight excluding hydrogens is 350 g/mol. The fraction of sp³-hybridized carbons (Fsp3) is 0.0625. The summed E-state index contributed by atoms with van der Waals surface area (Å²) in [6.07, 6.45) is 1.94. The number of hydrogen-bond donors (Lipinski definition) is 1. The first-order valence-corrected chi connectivity index (χ1v) is 8.21. The minimum absolute atomic E-state index is 1.02. The molecule has 0 amide bonds. The van der Waals surface area contributed by atoms with Gasteiger partial charge in [0.2, 0.25) is 0 Å². The van der Waals surface area contributed by atoms with Crippen LogP contribution in [0.1, 0.15) is 5.56 Å². The van der Waals surface area contributed by atoms with Crippen LogP contribution in [0.2, 0.25) is 0 Å². The van der Waals surface area contributed by atoms with E-state index in [-0.39, 0.29) is 0 Å². The zero-order valence-electron chi connectivity index (χ0n) is 10.8. The lowest BCUT2D eigenvalue weighted by atomic mass is 10.1. The number of nitrogens with zero attached hydrogens (tertiary/aromatic N) is 1. The van der Waals surface area contributed by atoms with Crippen LogP contribution in [-0.4, -0.2) is 4.98 Å². The maximum atomic E-state index is 4.53. The number of thiol groups is 1. The number of thiazole rings is 1. The third-order valence-electron chi connectivity index (χ3n) is 3.08. The van der Waals surface area contributed by atoms with Gasteiger partial charge in [-0.2, -0.15) is 0 Å². The number of aromatic nitrogens is 1. The lowest BCUT2D eigenvalue weighted by Crippen LogP contribution is -1.78. The van der Waals surface area contributed by atoms with Crippen LogP contribution >= 0.6 is 39.9 Å². The molecule has 4 heteroatoms. The monoisotopic (exact) mass is 361 g/mol. The maximum absolute atomic E-state index is 4.53. The fourth-order valence-corrected chi connectivity index (χ4v) is 3.26. The van der Waals surface area contributed by atoms with Crippen molar-refractivity contribution in [2.45, 2.75) is 11.8 Å². The predicted molar refractivity (Wildman–Crippen MR) is 92.7 cm³/mol. The highest BCUT2D eigenvalue weighted by Crippen LogP contribution is 2.33. The molecule has 0 saturated carbocycles. The van der Waals surface area contributed by atoms with E-state index in [1.54, 1.807) is 11.3 Å². The summed E-state index contributed by atoms with van der Waals surface area (Å²) in [7, 11) is 0. The molecule has 0 N–H and O–H groups in total. The van der Waals surface area contributed by atoms with Crippen LogP contribution in [-0.2, 0) is 0 Å². The largest absolute Gasteiger partial charge is 0.244 e. The lowest BCUT2D eigenvalue weighted by Gasteiger charge is -2.01. The average molecular weight is 362 g/mol. The summed E-state index contributed by atoms with van der Waals surface area (Å²) in [5, 5.41) is 1.04. The molecule has 0 aliphatic carbocycles. The van der Waals surface area contributed by atoms with Crippen LogP contribution < -0.4 is 0 Å². The number of benzene rings is 2. The highest BCUT2D eigenvalue weighted by molar-refractivity contribution is 9.10. The minimum atomic E-state index is 1.02. The van der Waals surface area contributed by atoms with Gasteiger partial charge < -0.3 is 0 Å². The van der Waals surface area contributed by atoms with Gasteiger partial charge in [0, 0.05) is 21.1 Å². The molecule has 0 fully saturated rings. The van der Waals surface area contributed by atoms with Crippen molar-refractivity contribution < 1.29 is 0 Å². The van der Waals surface area contributed by atoms with Gasteiger partial charge in [-0.1, -0.05) is 34.1 Å². The summed E-state index contributed by atoms with van der Waals surface area (Å²) >= 11 is 9.57. The second-order valence-corrected chi connectivity index (χ2v) is 6.97. The number of aryl methyl sites for hydroxylation is 1. The molecule has 0 aliphatic heterocycles. The Hall–Kier alpha value is -1.10. The van der Waals surface area contributed by atoms with E-state index in [4.69, 9.17) is 0 Å². The van der Waals surface area contributed by atoms with Gasteiger partial charge in [0.15, 0.2) is 0 Å².